The van der Waals surface area contributed by atoms with E-state index < -0.39 is 6.04 Å². The van der Waals surface area contributed by atoms with Crippen molar-refractivity contribution in [3.8, 4) is 0 Å². The maximum Gasteiger partial charge on any atom is 0.346 e. The second-order valence-electron chi connectivity index (χ2n) is 4.11. The normalized spacial score (nSPS) is 18.9. The van der Waals surface area contributed by atoms with Crippen molar-refractivity contribution < 1.29 is 9.53 Å². The standard InChI is InChI=1S/C12H13Cl2N3O2/c1-19-3-2-17-10(11(15)16-12(17)18)7-4-8(13)6-9(14)5-7/h4-6,10H,2-3H2,1H3,(H2,15,16,18). The zero-order valence-electron chi connectivity index (χ0n) is 10.3. The van der Waals surface area contributed by atoms with E-state index in [1.54, 1.807) is 25.3 Å². The lowest BCUT2D eigenvalue weighted by Crippen LogP contribution is -2.35. The zero-order valence-corrected chi connectivity index (χ0v) is 11.8. The highest BCUT2D eigenvalue weighted by Gasteiger charge is 2.34. The molecule has 1 aliphatic heterocycles. The minimum atomic E-state index is -0.446. The summed E-state index contributed by atoms with van der Waals surface area (Å²) < 4.78 is 4.98. The van der Waals surface area contributed by atoms with Crippen LogP contribution >= 0.6 is 23.2 Å². The second-order valence-corrected chi connectivity index (χ2v) is 4.98. The van der Waals surface area contributed by atoms with Gasteiger partial charge in [-0.25, -0.2) is 4.79 Å². The smallest absolute Gasteiger partial charge is 0.346 e. The van der Waals surface area contributed by atoms with E-state index in [1.165, 1.54) is 4.90 Å². The molecule has 1 heterocycles. The highest BCUT2D eigenvalue weighted by Crippen LogP contribution is 2.30. The zero-order chi connectivity index (χ0) is 14.0. The number of rotatable bonds is 4. The molecule has 2 N–H and O–H groups in total. The summed E-state index contributed by atoms with van der Waals surface area (Å²) >= 11 is 11.9. The molecule has 0 saturated carbocycles. The number of hydrogen-bond donors (Lipinski definition) is 1. The van der Waals surface area contributed by atoms with Gasteiger partial charge in [0, 0.05) is 23.7 Å². The molecule has 0 radical (unpaired) electrons. The van der Waals surface area contributed by atoms with E-state index in [0.29, 0.717) is 23.2 Å². The highest BCUT2D eigenvalue weighted by atomic mass is 35.5. The lowest BCUT2D eigenvalue weighted by atomic mass is 10.1. The number of halogens is 2. The molecule has 7 heteroatoms. The Morgan fingerprint density at radius 1 is 1.37 bits per heavy atom. The fourth-order valence-electron chi connectivity index (χ4n) is 2.00. The number of nitrogens with zero attached hydrogens (tertiary/aromatic N) is 2. The van der Waals surface area contributed by atoms with Crippen molar-refractivity contribution in [1.29, 1.82) is 0 Å². The molecule has 0 fully saturated rings. The van der Waals surface area contributed by atoms with E-state index >= 15 is 0 Å². The molecule has 2 rings (SSSR count). The molecular formula is C12H13Cl2N3O2. The molecule has 5 nitrogen and oxygen atoms in total. The number of aliphatic imine (C=N–C) groups is 1. The fraction of sp³-hybridized carbons (Fsp3) is 0.333. The van der Waals surface area contributed by atoms with Gasteiger partial charge in [0.2, 0.25) is 0 Å². The molecule has 0 aliphatic carbocycles. The minimum absolute atomic E-state index is 0.236. The SMILES string of the molecule is COCCN1C(=O)N=C(N)C1c1cc(Cl)cc(Cl)c1. The lowest BCUT2D eigenvalue weighted by Gasteiger charge is -2.24. The monoisotopic (exact) mass is 301 g/mol. The van der Waals surface area contributed by atoms with Gasteiger partial charge < -0.3 is 15.4 Å². The van der Waals surface area contributed by atoms with Crippen LogP contribution in [0.5, 0.6) is 0 Å². The van der Waals surface area contributed by atoms with Crippen LogP contribution in [0.1, 0.15) is 11.6 Å². The third kappa shape index (κ3) is 3.00. The molecule has 0 saturated heterocycles. The fourth-order valence-corrected chi connectivity index (χ4v) is 2.55. The number of ether oxygens (including phenoxy) is 1. The topological polar surface area (TPSA) is 67.9 Å². The largest absolute Gasteiger partial charge is 0.385 e. The van der Waals surface area contributed by atoms with Crippen LogP contribution in [0.3, 0.4) is 0 Å². The molecule has 1 aliphatic rings. The summed E-state index contributed by atoms with van der Waals surface area (Å²) in [6.45, 7) is 0.799. The summed E-state index contributed by atoms with van der Waals surface area (Å²) in [5.74, 6) is 0.236. The van der Waals surface area contributed by atoms with Crippen LogP contribution in [0.2, 0.25) is 10.0 Å². The van der Waals surface area contributed by atoms with E-state index in [2.05, 4.69) is 4.99 Å². The summed E-state index contributed by atoms with van der Waals surface area (Å²) in [6.07, 6.45) is 0. The molecule has 2 amide bonds. The van der Waals surface area contributed by atoms with Crippen LogP contribution < -0.4 is 5.73 Å². The number of hydrogen-bond acceptors (Lipinski definition) is 3. The van der Waals surface area contributed by atoms with E-state index in [1.807, 2.05) is 0 Å². The third-order valence-corrected chi connectivity index (χ3v) is 3.24. The van der Waals surface area contributed by atoms with Crippen LogP contribution in [0.25, 0.3) is 0 Å². The first kappa shape index (κ1) is 14.1. The Morgan fingerprint density at radius 2 is 2.00 bits per heavy atom. The van der Waals surface area contributed by atoms with Crippen molar-refractivity contribution in [2.24, 2.45) is 10.7 Å². The van der Waals surface area contributed by atoms with Crippen LogP contribution in [-0.2, 0) is 4.74 Å². The first-order valence-electron chi connectivity index (χ1n) is 5.62. The molecule has 1 atom stereocenters. The van der Waals surface area contributed by atoms with Gasteiger partial charge in [-0.1, -0.05) is 23.2 Å². The Kier molecular flexibility index (Phi) is 4.29. The van der Waals surface area contributed by atoms with Crippen molar-refractivity contribution in [1.82, 2.24) is 4.90 Å². The number of amidine groups is 1. The maximum absolute atomic E-state index is 11.8. The molecule has 1 aromatic carbocycles. The Balaban J connectivity index is 2.34. The van der Waals surface area contributed by atoms with Crippen molar-refractivity contribution in [3.63, 3.8) is 0 Å². The molecule has 0 aromatic heterocycles. The van der Waals surface area contributed by atoms with Gasteiger partial charge in [0.05, 0.1) is 6.61 Å². The molecule has 1 aromatic rings. The van der Waals surface area contributed by atoms with Gasteiger partial charge in [-0.3, -0.25) is 0 Å². The molecule has 0 spiro atoms. The van der Waals surface area contributed by atoms with Crippen molar-refractivity contribution in [2.75, 3.05) is 20.3 Å². The average molecular weight is 302 g/mol. The van der Waals surface area contributed by atoms with Crippen molar-refractivity contribution in [3.05, 3.63) is 33.8 Å². The number of carbonyl (C=O) groups excluding carboxylic acids is 1. The summed E-state index contributed by atoms with van der Waals surface area (Å²) in [6, 6.07) is 4.24. The summed E-state index contributed by atoms with van der Waals surface area (Å²) in [5, 5.41) is 0.975. The number of carbonyl (C=O) groups is 1. The lowest BCUT2D eigenvalue weighted by molar-refractivity contribution is 0.150. The maximum atomic E-state index is 11.8. The highest BCUT2D eigenvalue weighted by molar-refractivity contribution is 6.34. The minimum Gasteiger partial charge on any atom is -0.385 e. The van der Waals surface area contributed by atoms with Gasteiger partial charge in [-0.2, -0.15) is 4.99 Å². The van der Waals surface area contributed by atoms with Gasteiger partial charge in [-0.05, 0) is 23.8 Å². The quantitative estimate of drug-likeness (QED) is 0.929. The third-order valence-electron chi connectivity index (χ3n) is 2.80. The predicted octanol–water partition coefficient (Wildman–Crippen LogP) is 2.47. The van der Waals surface area contributed by atoms with E-state index in [4.69, 9.17) is 33.7 Å². The van der Waals surface area contributed by atoms with Gasteiger partial charge in [0.1, 0.15) is 11.9 Å². The van der Waals surface area contributed by atoms with Gasteiger partial charge in [0.25, 0.3) is 0 Å². The first-order chi connectivity index (χ1) is 9.02. The molecule has 0 bridgehead atoms. The Labute approximate surface area is 120 Å². The van der Waals surface area contributed by atoms with E-state index in [0.717, 1.165) is 5.56 Å². The van der Waals surface area contributed by atoms with Crippen LogP contribution in [0.4, 0.5) is 4.79 Å². The number of benzene rings is 1. The van der Waals surface area contributed by atoms with E-state index in [-0.39, 0.29) is 11.9 Å². The van der Waals surface area contributed by atoms with Gasteiger partial charge in [-0.15, -0.1) is 0 Å². The predicted molar refractivity (Wildman–Crippen MR) is 74.8 cm³/mol. The van der Waals surface area contributed by atoms with E-state index in [9.17, 15) is 4.79 Å². The van der Waals surface area contributed by atoms with Crippen molar-refractivity contribution in [2.45, 2.75) is 6.04 Å². The Hall–Kier alpha value is -1.30. The summed E-state index contributed by atoms with van der Waals surface area (Å²) in [4.78, 5) is 17.1. The first-order valence-corrected chi connectivity index (χ1v) is 6.38. The Bertz CT molecular complexity index is 513. The molecular weight excluding hydrogens is 289 g/mol. The van der Waals surface area contributed by atoms with Gasteiger partial charge >= 0.3 is 6.03 Å². The summed E-state index contributed by atoms with van der Waals surface area (Å²) in [7, 11) is 1.57. The van der Waals surface area contributed by atoms with Crippen LogP contribution in [0, 0.1) is 0 Å². The van der Waals surface area contributed by atoms with Crippen LogP contribution in [0.15, 0.2) is 23.2 Å². The molecule has 1 unspecified atom stereocenters. The van der Waals surface area contributed by atoms with Crippen LogP contribution in [-0.4, -0.2) is 37.0 Å². The van der Waals surface area contributed by atoms with Gasteiger partial charge in [0.15, 0.2) is 0 Å². The number of urea groups is 1. The summed E-state index contributed by atoms with van der Waals surface area (Å²) in [5.41, 5.74) is 6.56. The Morgan fingerprint density at radius 3 is 2.58 bits per heavy atom. The van der Waals surface area contributed by atoms with Crippen molar-refractivity contribution >= 4 is 35.1 Å². The number of methoxy groups -OCH3 is 1. The second kappa shape index (κ2) is 5.77. The average Bonchev–Trinajstić information content (AvgIpc) is 2.59. The number of amides is 2. The number of nitrogens with two attached hydrogens (primary N) is 1. The molecule has 102 valence electrons. The molecule has 19 heavy (non-hydrogen) atoms.